The number of carbonyl (C=O) groups excluding carboxylic acids is 1. The monoisotopic (exact) mass is 169 g/mol. The topological polar surface area (TPSA) is 50.2 Å². The molecule has 0 aliphatic heterocycles. The summed E-state index contributed by atoms with van der Waals surface area (Å²) in [6.07, 6.45) is 5.18. The predicted molar refractivity (Wildman–Crippen MR) is 46.2 cm³/mol. The zero-order valence-corrected chi connectivity index (χ0v) is 7.38. The van der Waals surface area contributed by atoms with E-state index in [9.17, 15) is 4.79 Å². The average molecular weight is 169 g/mol. The molecule has 0 radical (unpaired) electrons. The van der Waals surface area contributed by atoms with Gasteiger partial charge in [0, 0.05) is 0 Å². The lowest BCUT2D eigenvalue weighted by Gasteiger charge is -2.23. The standard InChI is InChI=1S/C9H15NO2/c1-12-9(11)8-4-2-7(6-10)3-5-8/h6-8,10H,2-5H2,1H3/t7-,8-. The number of ether oxygens (including phenoxy) is 1. The summed E-state index contributed by atoms with van der Waals surface area (Å²) in [4.78, 5) is 11.1. The Morgan fingerprint density at radius 1 is 1.42 bits per heavy atom. The SMILES string of the molecule is COC(=O)[C@H]1CC[C@H](C=N)CC1. The summed E-state index contributed by atoms with van der Waals surface area (Å²) in [5.41, 5.74) is 0. The van der Waals surface area contributed by atoms with Crippen LogP contribution in [0, 0.1) is 17.2 Å². The molecule has 0 aromatic heterocycles. The Bertz CT molecular complexity index is 171. The highest BCUT2D eigenvalue weighted by Crippen LogP contribution is 2.28. The molecule has 0 amide bonds. The second-order valence-corrected chi connectivity index (χ2v) is 3.30. The van der Waals surface area contributed by atoms with Gasteiger partial charge in [-0.25, -0.2) is 0 Å². The predicted octanol–water partition coefficient (Wildman–Crippen LogP) is 1.62. The van der Waals surface area contributed by atoms with E-state index in [-0.39, 0.29) is 11.9 Å². The summed E-state index contributed by atoms with van der Waals surface area (Å²) in [6, 6.07) is 0. The second-order valence-electron chi connectivity index (χ2n) is 3.30. The lowest BCUT2D eigenvalue weighted by atomic mass is 9.83. The van der Waals surface area contributed by atoms with Crippen molar-refractivity contribution < 1.29 is 9.53 Å². The zero-order valence-electron chi connectivity index (χ0n) is 7.38. The van der Waals surface area contributed by atoms with Gasteiger partial charge >= 0.3 is 5.97 Å². The van der Waals surface area contributed by atoms with Crippen molar-refractivity contribution in [3.05, 3.63) is 0 Å². The van der Waals surface area contributed by atoms with E-state index in [1.807, 2.05) is 0 Å². The highest BCUT2D eigenvalue weighted by atomic mass is 16.5. The highest BCUT2D eigenvalue weighted by molar-refractivity contribution is 5.72. The summed E-state index contributed by atoms with van der Waals surface area (Å²) in [7, 11) is 1.44. The van der Waals surface area contributed by atoms with E-state index >= 15 is 0 Å². The van der Waals surface area contributed by atoms with Crippen molar-refractivity contribution >= 4 is 12.2 Å². The number of esters is 1. The van der Waals surface area contributed by atoms with Gasteiger partial charge in [0.1, 0.15) is 0 Å². The molecular weight excluding hydrogens is 154 g/mol. The van der Waals surface area contributed by atoms with Gasteiger partial charge in [0.15, 0.2) is 0 Å². The zero-order chi connectivity index (χ0) is 8.97. The normalized spacial score (nSPS) is 29.4. The van der Waals surface area contributed by atoms with E-state index in [2.05, 4.69) is 4.74 Å². The van der Waals surface area contributed by atoms with Crippen LogP contribution in [0.3, 0.4) is 0 Å². The van der Waals surface area contributed by atoms with E-state index < -0.39 is 0 Å². The Labute approximate surface area is 72.6 Å². The lowest BCUT2D eigenvalue weighted by molar-refractivity contribution is -0.146. The number of nitrogens with one attached hydrogen (secondary N) is 1. The Hall–Kier alpha value is -0.860. The third-order valence-corrected chi connectivity index (χ3v) is 2.54. The first-order chi connectivity index (χ1) is 5.77. The van der Waals surface area contributed by atoms with Gasteiger partial charge in [0.2, 0.25) is 0 Å². The molecule has 12 heavy (non-hydrogen) atoms. The summed E-state index contributed by atoms with van der Waals surface area (Å²) in [5.74, 6) is 0.399. The van der Waals surface area contributed by atoms with Crippen LogP contribution < -0.4 is 0 Å². The van der Waals surface area contributed by atoms with Gasteiger partial charge in [0.05, 0.1) is 13.0 Å². The van der Waals surface area contributed by atoms with Crippen molar-refractivity contribution in [1.82, 2.24) is 0 Å². The van der Waals surface area contributed by atoms with Gasteiger partial charge in [-0.2, -0.15) is 0 Å². The minimum atomic E-state index is -0.0848. The highest BCUT2D eigenvalue weighted by Gasteiger charge is 2.25. The molecule has 0 atom stereocenters. The molecular formula is C9H15NO2. The minimum Gasteiger partial charge on any atom is -0.469 e. The first-order valence-corrected chi connectivity index (χ1v) is 4.36. The smallest absolute Gasteiger partial charge is 0.308 e. The molecule has 0 unspecified atom stereocenters. The molecule has 1 N–H and O–H groups in total. The van der Waals surface area contributed by atoms with E-state index in [1.165, 1.54) is 13.3 Å². The van der Waals surface area contributed by atoms with Gasteiger partial charge < -0.3 is 10.1 Å². The van der Waals surface area contributed by atoms with Crippen molar-refractivity contribution in [3.63, 3.8) is 0 Å². The van der Waals surface area contributed by atoms with Crippen molar-refractivity contribution in [1.29, 1.82) is 5.41 Å². The van der Waals surface area contributed by atoms with Crippen LogP contribution in [0.25, 0.3) is 0 Å². The summed E-state index contributed by atoms with van der Waals surface area (Å²) < 4.78 is 4.66. The summed E-state index contributed by atoms with van der Waals surface area (Å²) in [6.45, 7) is 0. The number of hydrogen-bond acceptors (Lipinski definition) is 3. The first-order valence-electron chi connectivity index (χ1n) is 4.36. The van der Waals surface area contributed by atoms with Crippen LogP contribution >= 0.6 is 0 Å². The largest absolute Gasteiger partial charge is 0.469 e. The molecule has 1 aliphatic carbocycles. The molecule has 68 valence electrons. The van der Waals surface area contributed by atoms with Gasteiger partial charge in [-0.3, -0.25) is 4.79 Å². The number of rotatable bonds is 2. The maximum atomic E-state index is 11.1. The molecule has 0 bridgehead atoms. The van der Waals surface area contributed by atoms with Gasteiger partial charge in [-0.1, -0.05) is 0 Å². The molecule has 1 aliphatic rings. The Balaban J connectivity index is 2.35. The number of methoxy groups -OCH3 is 1. The van der Waals surface area contributed by atoms with Crippen LogP contribution in [-0.4, -0.2) is 19.3 Å². The van der Waals surface area contributed by atoms with Gasteiger partial charge in [-0.05, 0) is 37.8 Å². The Morgan fingerprint density at radius 2 is 2.00 bits per heavy atom. The van der Waals surface area contributed by atoms with Crippen LogP contribution in [0.15, 0.2) is 0 Å². The molecule has 3 heteroatoms. The summed E-state index contributed by atoms with van der Waals surface area (Å²) >= 11 is 0. The van der Waals surface area contributed by atoms with E-state index in [0.29, 0.717) is 5.92 Å². The summed E-state index contributed by atoms with van der Waals surface area (Å²) in [5, 5.41) is 7.07. The van der Waals surface area contributed by atoms with E-state index in [0.717, 1.165) is 25.7 Å². The van der Waals surface area contributed by atoms with Crippen molar-refractivity contribution in [2.24, 2.45) is 11.8 Å². The van der Waals surface area contributed by atoms with Gasteiger partial charge in [-0.15, -0.1) is 0 Å². The van der Waals surface area contributed by atoms with Crippen LogP contribution in [0.1, 0.15) is 25.7 Å². The molecule has 0 heterocycles. The number of carbonyl (C=O) groups is 1. The quantitative estimate of drug-likeness (QED) is 0.504. The maximum absolute atomic E-state index is 11.1. The molecule has 0 aromatic carbocycles. The van der Waals surface area contributed by atoms with Crippen molar-refractivity contribution in [3.8, 4) is 0 Å². The molecule has 1 fully saturated rings. The van der Waals surface area contributed by atoms with E-state index in [4.69, 9.17) is 5.41 Å². The fraction of sp³-hybridized carbons (Fsp3) is 0.778. The van der Waals surface area contributed by atoms with Crippen LogP contribution in [0.5, 0.6) is 0 Å². The fourth-order valence-electron chi connectivity index (χ4n) is 1.69. The van der Waals surface area contributed by atoms with E-state index in [1.54, 1.807) is 0 Å². The third-order valence-electron chi connectivity index (χ3n) is 2.54. The van der Waals surface area contributed by atoms with Crippen molar-refractivity contribution in [2.45, 2.75) is 25.7 Å². The Morgan fingerprint density at radius 3 is 2.42 bits per heavy atom. The maximum Gasteiger partial charge on any atom is 0.308 e. The average Bonchev–Trinajstić information content (AvgIpc) is 2.17. The first kappa shape index (κ1) is 9.23. The van der Waals surface area contributed by atoms with Crippen LogP contribution in [-0.2, 0) is 9.53 Å². The molecule has 0 aromatic rings. The molecule has 1 rings (SSSR count). The third kappa shape index (κ3) is 2.06. The molecule has 3 nitrogen and oxygen atoms in total. The minimum absolute atomic E-state index is 0.0848. The molecule has 0 saturated heterocycles. The van der Waals surface area contributed by atoms with Gasteiger partial charge in [0.25, 0.3) is 0 Å². The fourth-order valence-corrected chi connectivity index (χ4v) is 1.69. The lowest BCUT2D eigenvalue weighted by Crippen LogP contribution is -2.23. The second kappa shape index (κ2) is 4.24. The molecule has 0 spiro atoms. The number of hydrogen-bond donors (Lipinski definition) is 1. The van der Waals surface area contributed by atoms with Crippen molar-refractivity contribution in [2.75, 3.05) is 7.11 Å². The van der Waals surface area contributed by atoms with Crippen LogP contribution in [0.2, 0.25) is 0 Å². The van der Waals surface area contributed by atoms with Crippen LogP contribution in [0.4, 0.5) is 0 Å². The molecule has 1 saturated carbocycles. The Kier molecular flexibility index (Phi) is 3.26.